The number of pyridine rings is 1. The molecule has 32 heavy (non-hydrogen) atoms. The Bertz CT molecular complexity index is 1230. The van der Waals surface area contributed by atoms with Gasteiger partial charge in [0.25, 0.3) is 5.91 Å². The van der Waals surface area contributed by atoms with Crippen molar-refractivity contribution in [2.45, 2.75) is 25.8 Å². The van der Waals surface area contributed by atoms with Crippen LogP contribution in [0.15, 0.2) is 54.3 Å². The SMILES string of the molecule is CC1CCC(CN(C)C(=O)c2ccnc(-c3cnn4ccc(-c5cccs5)nc34)c2)NC1. The molecule has 0 spiro atoms. The highest BCUT2D eigenvalue weighted by molar-refractivity contribution is 7.13. The van der Waals surface area contributed by atoms with Crippen molar-refractivity contribution in [1.82, 2.24) is 29.8 Å². The van der Waals surface area contributed by atoms with E-state index in [1.807, 2.05) is 36.8 Å². The summed E-state index contributed by atoms with van der Waals surface area (Å²) in [6.07, 6.45) is 7.65. The molecule has 2 atom stereocenters. The highest BCUT2D eigenvalue weighted by Crippen LogP contribution is 2.27. The van der Waals surface area contributed by atoms with Gasteiger partial charge in [-0.25, -0.2) is 9.50 Å². The van der Waals surface area contributed by atoms with Crippen molar-refractivity contribution in [1.29, 1.82) is 0 Å². The lowest BCUT2D eigenvalue weighted by molar-refractivity contribution is 0.0772. The number of nitrogens with zero attached hydrogens (tertiary/aromatic N) is 5. The molecule has 2 unspecified atom stereocenters. The van der Waals surface area contributed by atoms with Crippen LogP contribution < -0.4 is 5.32 Å². The molecule has 0 radical (unpaired) electrons. The van der Waals surface area contributed by atoms with Crippen LogP contribution in [-0.2, 0) is 0 Å². The Hall–Kier alpha value is -3.10. The smallest absolute Gasteiger partial charge is 0.253 e. The van der Waals surface area contributed by atoms with Crippen LogP contribution in [0.1, 0.15) is 30.1 Å². The van der Waals surface area contributed by atoms with E-state index in [1.165, 1.54) is 6.42 Å². The molecule has 0 aliphatic carbocycles. The second kappa shape index (κ2) is 8.80. The first-order valence-corrected chi connectivity index (χ1v) is 11.8. The molecule has 4 aromatic heterocycles. The molecular weight excluding hydrogens is 420 g/mol. The van der Waals surface area contributed by atoms with E-state index in [9.17, 15) is 4.79 Å². The summed E-state index contributed by atoms with van der Waals surface area (Å²) >= 11 is 1.65. The van der Waals surface area contributed by atoms with Gasteiger partial charge in [0.2, 0.25) is 0 Å². The maximum atomic E-state index is 13.1. The van der Waals surface area contributed by atoms with Crippen LogP contribution in [0.4, 0.5) is 0 Å². The molecule has 1 fully saturated rings. The summed E-state index contributed by atoms with van der Waals surface area (Å²) in [5, 5.41) is 10.0. The number of thiophene rings is 1. The lowest BCUT2D eigenvalue weighted by atomic mass is 9.96. The fourth-order valence-electron chi connectivity index (χ4n) is 4.17. The van der Waals surface area contributed by atoms with Crippen molar-refractivity contribution in [2.75, 3.05) is 20.1 Å². The Kier molecular flexibility index (Phi) is 5.71. The van der Waals surface area contributed by atoms with E-state index in [0.29, 0.717) is 29.8 Å². The highest BCUT2D eigenvalue weighted by atomic mass is 32.1. The van der Waals surface area contributed by atoms with Gasteiger partial charge < -0.3 is 10.2 Å². The normalized spacial score (nSPS) is 18.7. The second-order valence-electron chi connectivity index (χ2n) is 8.52. The number of carbonyl (C=O) groups is 1. The summed E-state index contributed by atoms with van der Waals surface area (Å²) in [5.41, 5.74) is 3.75. The van der Waals surface area contributed by atoms with Gasteiger partial charge in [-0.2, -0.15) is 5.10 Å². The summed E-state index contributed by atoms with van der Waals surface area (Å²) < 4.78 is 1.74. The number of nitrogens with one attached hydrogen (secondary N) is 1. The molecule has 5 heterocycles. The molecule has 8 heteroatoms. The Labute approximate surface area is 191 Å². The molecule has 1 N–H and O–H groups in total. The van der Waals surface area contributed by atoms with E-state index in [-0.39, 0.29) is 5.91 Å². The van der Waals surface area contributed by atoms with Crippen molar-refractivity contribution in [2.24, 2.45) is 5.92 Å². The highest BCUT2D eigenvalue weighted by Gasteiger charge is 2.22. The third-order valence-corrected chi connectivity index (χ3v) is 6.92. The monoisotopic (exact) mass is 446 g/mol. The number of likely N-dealkylation sites (N-methyl/N-ethyl adjacent to an activating group) is 1. The molecule has 4 aromatic rings. The van der Waals surface area contributed by atoms with Crippen molar-refractivity contribution in [3.8, 4) is 21.8 Å². The summed E-state index contributed by atoms with van der Waals surface area (Å²) in [4.78, 5) is 25.3. The maximum absolute atomic E-state index is 13.1. The van der Waals surface area contributed by atoms with E-state index in [2.05, 4.69) is 28.4 Å². The molecule has 5 rings (SSSR count). The number of hydrogen-bond donors (Lipinski definition) is 1. The third-order valence-electron chi connectivity index (χ3n) is 6.03. The predicted molar refractivity (Wildman–Crippen MR) is 127 cm³/mol. The van der Waals surface area contributed by atoms with Gasteiger partial charge in [-0.15, -0.1) is 11.3 Å². The van der Waals surface area contributed by atoms with Crippen LogP contribution in [0.25, 0.3) is 27.5 Å². The van der Waals surface area contributed by atoms with E-state index in [4.69, 9.17) is 4.98 Å². The molecule has 0 bridgehead atoms. The van der Waals surface area contributed by atoms with Gasteiger partial charge >= 0.3 is 0 Å². The minimum absolute atomic E-state index is 0.00206. The first kappa shape index (κ1) is 20.8. The molecule has 1 saturated heterocycles. The van der Waals surface area contributed by atoms with Gasteiger partial charge in [-0.05, 0) is 54.9 Å². The van der Waals surface area contributed by atoms with Crippen LogP contribution in [0.2, 0.25) is 0 Å². The summed E-state index contributed by atoms with van der Waals surface area (Å²) in [7, 11) is 1.87. The van der Waals surface area contributed by atoms with Crippen molar-refractivity contribution in [3.05, 3.63) is 59.9 Å². The van der Waals surface area contributed by atoms with Crippen molar-refractivity contribution in [3.63, 3.8) is 0 Å². The molecule has 7 nitrogen and oxygen atoms in total. The summed E-state index contributed by atoms with van der Waals surface area (Å²) in [6.45, 7) is 3.97. The standard InChI is InChI=1S/C24H26N6OS/c1-16-5-6-18(26-13-16)15-29(2)24(31)17-7-9-25-21(12-17)19-14-27-30-10-8-20(28-23(19)30)22-4-3-11-32-22/h3-4,7-12,14,16,18,26H,5-6,13,15H2,1-2H3. The minimum Gasteiger partial charge on any atom is -0.340 e. The number of carbonyl (C=O) groups excluding carboxylic acids is 1. The van der Waals surface area contributed by atoms with Crippen molar-refractivity contribution >= 4 is 22.9 Å². The summed E-state index contributed by atoms with van der Waals surface area (Å²) in [6, 6.07) is 9.98. The number of fused-ring (bicyclic) bond motifs is 1. The zero-order valence-corrected chi connectivity index (χ0v) is 19.0. The van der Waals surface area contributed by atoms with Crippen LogP contribution >= 0.6 is 11.3 Å². The quantitative estimate of drug-likeness (QED) is 0.502. The molecule has 164 valence electrons. The third kappa shape index (κ3) is 4.16. The van der Waals surface area contributed by atoms with Gasteiger partial charge in [0.1, 0.15) is 0 Å². The average Bonchev–Trinajstić information content (AvgIpc) is 3.50. The summed E-state index contributed by atoms with van der Waals surface area (Å²) in [5.74, 6) is 0.701. The largest absolute Gasteiger partial charge is 0.340 e. The topological polar surface area (TPSA) is 75.4 Å². The van der Waals surface area contributed by atoms with Gasteiger partial charge in [-0.3, -0.25) is 9.78 Å². The van der Waals surface area contributed by atoms with E-state index in [1.54, 1.807) is 39.2 Å². The zero-order valence-electron chi connectivity index (χ0n) is 18.2. The van der Waals surface area contributed by atoms with Gasteiger partial charge in [0, 0.05) is 37.6 Å². The lowest BCUT2D eigenvalue weighted by Gasteiger charge is -2.31. The number of amides is 1. The Morgan fingerprint density at radius 2 is 2.19 bits per heavy atom. The maximum Gasteiger partial charge on any atom is 0.253 e. The number of piperidine rings is 1. The first-order chi connectivity index (χ1) is 15.6. The fourth-order valence-corrected chi connectivity index (χ4v) is 4.86. The molecule has 1 aliphatic rings. The molecule has 1 amide bonds. The van der Waals surface area contributed by atoms with Gasteiger partial charge in [0.15, 0.2) is 5.65 Å². The van der Waals surface area contributed by atoms with Crippen LogP contribution in [0.3, 0.4) is 0 Å². The fraction of sp³-hybridized carbons (Fsp3) is 0.333. The second-order valence-corrected chi connectivity index (χ2v) is 9.47. The number of rotatable bonds is 5. The van der Waals surface area contributed by atoms with Crippen molar-refractivity contribution < 1.29 is 4.79 Å². The molecule has 1 aliphatic heterocycles. The van der Waals surface area contributed by atoms with E-state index in [0.717, 1.165) is 34.7 Å². The first-order valence-electron chi connectivity index (χ1n) is 10.9. The van der Waals surface area contributed by atoms with Crippen LogP contribution in [0, 0.1) is 5.92 Å². The van der Waals surface area contributed by atoms with E-state index < -0.39 is 0 Å². The number of aromatic nitrogens is 4. The Balaban J connectivity index is 1.39. The number of hydrogen-bond acceptors (Lipinski definition) is 6. The van der Waals surface area contributed by atoms with Gasteiger partial charge in [0.05, 0.1) is 28.0 Å². The molecule has 0 aromatic carbocycles. The minimum atomic E-state index is -0.00206. The van der Waals surface area contributed by atoms with E-state index >= 15 is 0 Å². The zero-order chi connectivity index (χ0) is 22.1. The van der Waals surface area contributed by atoms with Crippen LogP contribution in [0.5, 0.6) is 0 Å². The lowest BCUT2D eigenvalue weighted by Crippen LogP contribution is -2.46. The predicted octanol–water partition coefficient (Wildman–Crippen LogP) is 3.98. The Morgan fingerprint density at radius 3 is 2.97 bits per heavy atom. The van der Waals surface area contributed by atoms with Crippen LogP contribution in [-0.4, -0.2) is 56.6 Å². The van der Waals surface area contributed by atoms with Gasteiger partial charge in [-0.1, -0.05) is 13.0 Å². The molecule has 0 saturated carbocycles. The average molecular weight is 447 g/mol. The Morgan fingerprint density at radius 1 is 1.28 bits per heavy atom. The molecular formula is C24H26N6OS.